The number of aliphatic carboxylic acids is 1. The van der Waals surface area contributed by atoms with Crippen molar-refractivity contribution in [1.82, 2.24) is 0 Å². The largest absolute Gasteiger partial charge is 0.480 e. The van der Waals surface area contributed by atoms with E-state index in [-0.39, 0.29) is 19.1 Å². The molecule has 0 unspecified atom stereocenters. The topological polar surface area (TPSA) is 66.8 Å². The van der Waals surface area contributed by atoms with E-state index in [1.54, 1.807) is 30.3 Å². The van der Waals surface area contributed by atoms with Gasteiger partial charge in [0, 0.05) is 12.8 Å². The van der Waals surface area contributed by atoms with E-state index >= 15 is 0 Å². The van der Waals surface area contributed by atoms with E-state index in [1.807, 2.05) is 0 Å². The summed E-state index contributed by atoms with van der Waals surface area (Å²) in [7, 11) is 1.39. The molecule has 1 aromatic rings. The van der Waals surface area contributed by atoms with Gasteiger partial charge in [0.1, 0.15) is 13.2 Å². The Morgan fingerprint density at radius 3 is 2.44 bits per heavy atom. The SMILES string of the molecule is COCC(=O)N(CC(=O)O)c1ccccc1. The number of carbonyl (C=O) groups excluding carboxylic acids is 1. The second kappa shape index (κ2) is 5.87. The van der Waals surface area contributed by atoms with E-state index in [0.29, 0.717) is 5.69 Å². The average Bonchev–Trinajstić information content (AvgIpc) is 2.27. The Hall–Kier alpha value is -1.88. The highest BCUT2D eigenvalue weighted by atomic mass is 16.5. The van der Waals surface area contributed by atoms with E-state index in [9.17, 15) is 9.59 Å². The number of carboxylic acid groups (broad SMARTS) is 1. The van der Waals surface area contributed by atoms with Crippen LogP contribution in [0.25, 0.3) is 0 Å². The van der Waals surface area contributed by atoms with Crippen LogP contribution in [-0.4, -0.2) is 37.2 Å². The molecule has 1 aromatic carbocycles. The molecule has 1 amide bonds. The Morgan fingerprint density at radius 2 is 1.94 bits per heavy atom. The average molecular weight is 223 g/mol. The molecular formula is C11H13NO4. The number of methoxy groups -OCH3 is 1. The van der Waals surface area contributed by atoms with E-state index in [2.05, 4.69) is 0 Å². The first-order valence-corrected chi connectivity index (χ1v) is 4.71. The standard InChI is InChI=1S/C11H13NO4/c1-16-8-10(13)12(7-11(14)15)9-5-3-2-4-6-9/h2-6H,7-8H2,1H3,(H,14,15). The van der Waals surface area contributed by atoms with Gasteiger partial charge in [0.15, 0.2) is 0 Å². The maximum atomic E-state index is 11.6. The molecule has 0 radical (unpaired) electrons. The summed E-state index contributed by atoms with van der Waals surface area (Å²) in [6, 6.07) is 8.63. The number of anilines is 1. The molecule has 0 saturated carbocycles. The number of para-hydroxylation sites is 1. The van der Waals surface area contributed by atoms with Crippen molar-refractivity contribution in [3.8, 4) is 0 Å². The molecule has 16 heavy (non-hydrogen) atoms. The maximum absolute atomic E-state index is 11.6. The van der Waals surface area contributed by atoms with Crippen molar-refractivity contribution < 1.29 is 19.4 Å². The Bertz CT molecular complexity index is 364. The second-order valence-electron chi connectivity index (χ2n) is 3.14. The molecule has 0 aromatic heterocycles. The number of hydrogen-bond acceptors (Lipinski definition) is 3. The lowest BCUT2D eigenvalue weighted by atomic mass is 10.3. The van der Waals surface area contributed by atoms with Crippen LogP contribution in [0.5, 0.6) is 0 Å². The van der Waals surface area contributed by atoms with Gasteiger partial charge in [-0.25, -0.2) is 0 Å². The highest BCUT2D eigenvalue weighted by Gasteiger charge is 2.17. The van der Waals surface area contributed by atoms with Crippen LogP contribution in [0, 0.1) is 0 Å². The highest BCUT2D eigenvalue weighted by molar-refractivity contribution is 5.98. The monoisotopic (exact) mass is 223 g/mol. The first-order chi connectivity index (χ1) is 7.65. The van der Waals surface area contributed by atoms with Gasteiger partial charge in [0.25, 0.3) is 5.91 Å². The Balaban J connectivity index is 2.87. The van der Waals surface area contributed by atoms with E-state index in [0.717, 1.165) is 0 Å². The van der Waals surface area contributed by atoms with E-state index in [4.69, 9.17) is 9.84 Å². The van der Waals surface area contributed by atoms with Crippen molar-refractivity contribution in [2.24, 2.45) is 0 Å². The van der Waals surface area contributed by atoms with Gasteiger partial charge in [0.05, 0.1) is 0 Å². The summed E-state index contributed by atoms with van der Waals surface area (Å²) in [6.45, 7) is -0.506. The summed E-state index contributed by atoms with van der Waals surface area (Å²) in [5.41, 5.74) is 0.548. The van der Waals surface area contributed by atoms with Crippen molar-refractivity contribution >= 4 is 17.6 Å². The number of benzene rings is 1. The summed E-state index contributed by atoms with van der Waals surface area (Å²) in [6.07, 6.45) is 0. The van der Waals surface area contributed by atoms with Gasteiger partial charge in [0.2, 0.25) is 0 Å². The van der Waals surface area contributed by atoms with Crippen LogP contribution in [0.15, 0.2) is 30.3 Å². The van der Waals surface area contributed by atoms with Gasteiger partial charge < -0.3 is 9.84 Å². The molecule has 0 fully saturated rings. The van der Waals surface area contributed by atoms with Crippen LogP contribution >= 0.6 is 0 Å². The number of carboxylic acids is 1. The van der Waals surface area contributed by atoms with Crippen LogP contribution in [0.3, 0.4) is 0 Å². The fourth-order valence-electron chi connectivity index (χ4n) is 1.27. The minimum absolute atomic E-state index is 0.137. The normalized spacial score (nSPS) is 9.81. The second-order valence-corrected chi connectivity index (χ2v) is 3.14. The number of hydrogen-bond donors (Lipinski definition) is 1. The zero-order valence-electron chi connectivity index (χ0n) is 8.92. The molecule has 0 saturated heterocycles. The van der Waals surface area contributed by atoms with E-state index < -0.39 is 5.97 Å². The first kappa shape index (κ1) is 12.2. The number of ether oxygens (including phenoxy) is 1. The highest BCUT2D eigenvalue weighted by Crippen LogP contribution is 2.13. The summed E-state index contributed by atoms with van der Waals surface area (Å²) < 4.78 is 4.70. The lowest BCUT2D eigenvalue weighted by Crippen LogP contribution is -2.37. The Kier molecular flexibility index (Phi) is 4.47. The molecule has 5 nitrogen and oxygen atoms in total. The van der Waals surface area contributed by atoms with E-state index in [1.165, 1.54) is 12.0 Å². The smallest absolute Gasteiger partial charge is 0.323 e. The molecule has 0 aliphatic heterocycles. The van der Waals surface area contributed by atoms with Gasteiger partial charge in [-0.2, -0.15) is 0 Å². The Labute approximate surface area is 93.2 Å². The van der Waals surface area contributed by atoms with Gasteiger partial charge >= 0.3 is 5.97 Å². The third-order valence-corrected chi connectivity index (χ3v) is 1.93. The molecule has 0 heterocycles. The zero-order chi connectivity index (χ0) is 12.0. The molecule has 0 bridgehead atoms. The number of amides is 1. The Morgan fingerprint density at radius 1 is 1.31 bits per heavy atom. The molecule has 0 spiro atoms. The minimum atomic E-state index is -1.06. The van der Waals surface area contributed by atoms with Crippen molar-refractivity contribution in [2.75, 3.05) is 25.2 Å². The van der Waals surface area contributed by atoms with Crippen LogP contribution in [0.1, 0.15) is 0 Å². The lowest BCUT2D eigenvalue weighted by molar-refractivity contribution is -0.137. The van der Waals surface area contributed by atoms with Gasteiger partial charge in [-0.1, -0.05) is 18.2 Å². The fourth-order valence-corrected chi connectivity index (χ4v) is 1.27. The predicted octanol–water partition coefficient (Wildman–Crippen LogP) is 0.751. The van der Waals surface area contributed by atoms with Crippen LogP contribution in [0.2, 0.25) is 0 Å². The van der Waals surface area contributed by atoms with Crippen molar-refractivity contribution in [1.29, 1.82) is 0 Å². The summed E-state index contributed by atoms with van der Waals surface area (Å²) in [5, 5.41) is 8.73. The molecule has 0 aliphatic rings. The lowest BCUT2D eigenvalue weighted by Gasteiger charge is -2.20. The summed E-state index contributed by atoms with van der Waals surface area (Å²) >= 11 is 0. The third kappa shape index (κ3) is 3.36. The molecule has 1 rings (SSSR count). The van der Waals surface area contributed by atoms with Crippen molar-refractivity contribution in [2.45, 2.75) is 0 Å². The number of nitrogens with zero attached hydrogens (tertiary/aromatic N) is 1. The first-order valence-electron chi connectivity index (χ1n) is 4.71. The molecule has 5 heteroatoms. The quantitative estimate of drug-likeness (QED) is 0.799. The fraction of sp³-hybridized carbons (Fsp3) is 0.273. The molecule has 86 valence electrons. The van der Waals surface area contributed by atoms with Gasteiger partial charge in [-0.3, -0.25) is 14.5 Å². The molecule has 0 aliphatic carbocycles. The van der Waals surface area contributed by atoms with Crippen molar-refractivity contribution in [3.05, 3.63) is 30.3 Å². The number of carbonyl (C=O) groups is 2. The summed E-state index contributed by atoms with van der Waals surface area (Å²) in [4.78, 5) is 23.4. The van der Waals surface area contributed by atoms with Crippen molar-refractivity contribution in [3.63, 3.8) is 0 Å². The van der Waals surface area contributed by atoms with Crippen LogP contribution in [-0.2, 0) is 14.3 Å². The van der Waals surface area contributed by atoms with Gasteiger partial charge in [-0.15, -0.1) is 0 Å². The number of rotatable bonds is 5. The molecule has 0 atom stereocenters. The third-order valence-electron chi connectivity index (χ3n) is 1.93. The molecular weight excluding hydrogens is 210 g/mol. The van der Waals surface area contributed by atoms with Crippen LogP contribution in [0.4, 0.5) is 5.69 Å². The zero-order valence-corrected chi connectivity index (χ0v) is 8.92. The van der Waals surface area contributed by atoms with Gasteiger partial charge in [-0.05, 0) is 12.1 Å². The van der Waals surface area contributed by atoms with Crippen LogP contribution < -0.4 is 4.90 Å². The minimum Gasteiger partial charge on any atom is -0.480 e. The maximum Gasteiger partial charge on any atom is 0.323 e. The summed E-state index contributed by atoms with van der Waals surface area (Å²) in [5.74, 6) is -1.44. The molecule has 1 N–H and O–H groups in total. The predicted molar refractivity (Wildman–Crippen MR) is 58.3 cm³/mol.